The van der Waals surface area contributed by atoms with Gasteiger partial charge < -0.3 is 24.4 Å². The van der Waals surface area contributed by atoms with Gasteiger partial charge in [0, 0.05) is 0 Å². The minimum absolute atomic E-state index is 0.125. The van der Waals surface area contributed by atoms with E-state index in [-0.39, 0.29) is 13.2 Å². The number of hydrogen-bond donors (Lipinski definition) is 2. The maximum atomic E-state index is 7.62. The molecule has 0 aromatic rings. The molecule has 2 N–H and O–H groups in total. The van der Waals surface area contributed by atoms with Gasteiger partial charge in [0.2, 0.25) is 0 Å². The molecule has 5 heteroatoms. The van der Waals surface area contributed by atoms with Crippen LogP contribution < -0.4 is 0 Å². The Morgan fingerprint density at radius 1 is 0.941 bits per heavy atom. The second-order valence-electron chi connectivity index (χ2n) is 3.90. The number of rotatable bonds is 6. The summed E-state index contributed by atoms with van der Waals surface area (Å²) >= 11 is 0. The van der Waals surface area contributed by atoms with Crippen molar-refractivity contribution in [3.05, 3.63) is 0 Å². The third-order valence-corrected chi connectivity index (χ3v) is 2.01. The molecule has 0 aromatic heterocycles. The molecule has 2 saturated heterocycles. The minimum atomic E-state index is -0.125. The zero-order valence-corrected chi connectivity index (χ0v) is 10.9. The molecule has 104 valence electrons. The maximum Gasteiger partial charge on any atom is 0.104 e. The van der Waals surface area contributed by atoms with E-state index in [0.29, 0.717) is 12.2 Å². The largest absolute Gasteiger partial charge is 0.394 e. The summed E-state index contributed by atoms with van der Waals surface area (Å²) in [5, 5.41) is 15.2. The molecule has 0 aromatic carbocycles. The summed E-state index contributed by atoms with van der Waals surface area (Å²) < 4.78 is 15.1. The van der Waals surface area contributed by atoms with Crippen LogP contribution in [0.3, 0.4) is 0 Å². The first-order valence-corrected chi connectivity index (χ1v) is 6.31. The summed E-state index contributed by atoms with van der Waals surface area (Å²) in [5.74, 6) is 0. The van der Waals surface area contributed by atoms with E-state index in [2.05, 4.69) is 13.8 Å². The highest BCUT2D eigenvalue weighted by atomic mass is 16.6. The van der Waals surface area contributed by atoms with Gasteiger partial charge in [0.05, 0.1) is 39.6 Å². The van der Waals surface area contributed by atoms with Crippen LogP contribution in [-0.4, -0.2) is 62.1 Å². The molecule has 0 amide bonds. The summed E-state index contributed by atoms with van der Waals surface area (Å²) in [6.07, 6.45) is 3.42. The van der Waals surface area contributed by atoms with Gasteiger partial charge in [0.15, 0.2) is 0 Å². The van der Waals surface area contributed by atoms with Crippen molar-refractivity contribution in [1.82, 2.24) is 0 Å². The number of aliphatic hydroxyl groups is 2. The number of hydrogen-bond acceptors (Lipinski definition) is 5. The third kappa shape index (κ3) is 15.8. The normalized spacial score (nSPS) is 24.0. The molecule has 2 unspecified atom stereocenters. The molecule has 0 aliphatic carbocycles. The van der Waals surface area contributed by atoms with Gasteiger partial charge in [-0.15, -0.1) is 0 Å². The fourth-order valence-corrected chi connectivity index (χ4v) is 0.659. The molecule has 2 aliphatic heterocycles. The van der Waals surface area contributed by atoms with E-state index < -0.39 is 0 Å². The standard InChI is InChI=1S/C6H10O3.C4H10.C2H6O2/c1(5-3-8-5)7-2-6-4-9-6;1-3-4-2;3-1-2-4/h5-6H,1-4H2;3-4H2,1-2H3;3-4H,1-2H2. The highest BCUT2D eigenvalue weighted by Gasteiger charge is 2.26. The van der Waals surface area contributed by atoms with Crippen molar-refractivity contribution in [2.75, 3.05) is 39.6 Å². The monoisotopic (exact) mass is 250 g/mol. The molecule has 5 nitrogen and oxygen atoms in total. The van der Waals surface area contributed by atoms with Crippen molar-refractivity contribution < 1.29 is 24.4 Å². The topological polar surface area (TPSA) is 74.8 Å². The third-order valence-electron chi connectivity index (χ3n) is 2.01. The number of epoxide rings is 2. The van der Waals surface area contributed by atoms with E-state index in [1.54, 1.807) is 0 Å². The Bertz CT molecular complexity index is 126. The van der Waals surface area contributed by atoms with Gasteiger partial charge in [-0.25, -0.2) is 0 Å². The van der Waals surface area contributed by atoms with Gasteiger partial charge in [-0.3, -0.25) is 0 Å². The molecule has 2 atom stereocenters. The molecule has 2 fully saturated rings. The van der Waals surface area contributed by atoms with Crippen molar-refractivity contribution in [2.45, 2.75) is 38.9 Å². The SMILES string of the molecule is C(OCC1CO1)C1CO1.CCCC.OCCO. The number of aliphatic hydroxyl groups excluding tert-OH is 2. The van der Waals surface area contributed by atoms with Crippen LogP contribution in [0.1, 0.15) is 26.7 Å². The predicted octanol–water partition coefficient (Wildman–Crippen LogP) is 0.578. The Morgan fingerprint density at radius 3 is 1.47 bits per heavy atom. The Balaban J connectivity index is 0.000000274. The highest BCUT2D eigenvalue weighted by Crippen LogP contribution is 2.12. The van der Waals surface area contributed by atoms with E-state index in [0.717, 1.165) is 26.4 Å². The van der Waals surface area contributed by atoms with Gasteiger partial charge in [-0.1, -0.05) is 26.7 Å². The molecule has 2 aliphatic rings. The van der Waals surface area contributed by atoms with Crippen LogP contribution in [0.5, 0.6) is 0 Å². The second-order valence-corrected chi connectivity index (χ2v) is 3.90. The van der Waals surface area contributed by atoms with Crippen molar-refractivity contribution in [1.29, 1.82) is 0 Å². The first-order valence-electron chi connectivity index (χ1n) is 6.31. The van der Waals surface area contributed by atoms with E-state index in [1.165, 1.54) is 12.8 Å². The summed E-state index contributed by atoms with van der Waals surface area (Å²) in [7, 11) is 0. The fourth-order valence-electron chi connectivity index (χ4n) is 0.659. The van der Waals surface area contributed by atoms with E-state index in [9.17, 15) is 0 Å². The smallest absolute Gasteiger partial charge is 0.104 e. The summed E-state index contributed by atoms with van der Waals surface area (Å²) in [6.45, 7) is 7.37. The van der Waals surface area contributed by atoms with Crippen molar-refractivity contribution >= 4 is 0 Å². The van der Waals surface area contributed by atoms with Crippen LogP contribution in [0.4, 0.5) is 0 Å². The molecule has 0 spiro atoms. The van der Waals surface area contributed by atoms with Gasteiger partial charge >= 0.3 is 0 Å². The summed E-state index contributed by atoms with van der Waals surface area (Å²) in [5.41, 5.74) is 0. The van der Waals surface area contributed by atoms with E-state index in [4.69, 9.17) is 24.4 Å². The Morgan fingerprint density at radius 2 is 1.29 bits per heavy atom. The van der Waals surface area contributed by atoms with Crippen molar-refractivity contribution in [3.63, 3.8) is 0 Å². The van der Waals surface area contributed by atoms with Gasteiger partial charge in [0.25, 0.3) is 0 Å². The molecule has 0 bridgehead atoms. The lowest BCUT2D eigenvalue weighted by atomic mass is 10.4. The van der Waals surface area contributed by atoms with Gasteiger partial charge in [-0.2, -0.15) is 0 Å². The Kier molecular flexibility index (Phi) is 12.1. The van der Waals surface area contributed by atoms with Gasteiger partial charge in [-0.05, 0) is 0 Å². The fraction of sp³-hybridized carbons (Fsp3) is 1.00. The molecule has 0 radical (unpaired) electrons. The Labute approximate surface area is 104 Å². The summed E-state index contributed by atoms with van der Waals surface area (Å²) in [4.78, 5) is 0. The van der Waals surface area contributed by atoms with E-state index in [1.807, 2.05) is 0 Å². The van der Waals surface area contributed by atoms with Crippen LogP contribution >= 0.6 is 0 Å². The molecule has 0 saturated carbocycles. The molecule has 17 heavy (non-hydrogen) atoms. The average Bonchev–Trinajstić information content (AvgIpc) is 3.24. The zero-order chi connectivity index (χ0) is 12.9. The van der Waals surface area contributed by atoms with Crippen molar-refractivity contribution in [2.24, 2.45) is 0 Å². The number of ether oxygens (including phenoxy) is 3. The first-order chi connectivity index (χ1) is 8.28. The minimum Gasteiger partial charge on any atom is -0.394 e. The molecular weight excluding hydrogens is 224 g/mol. The lowest BCUT2D eigenvalue weighted by Crippen LogP contribution is -2.06. The van der Waals surface area contributed by atoms with Crippen LogP contribution in [0, 0.1) is 0 Å². The predicted molar refractivity (Wildman–Crippen MR) is 65.1 cm³/mol. The second kappa shape index (κ2) is 12.3. The average molecular weight is 250 g/mol. The number of unbranched alkanes of at least 4 members (excludes halogenated alkanes) is 1. The summed E-state index contributed by atoms with van der Waals surface area (Å²) in [6, 6.07) is 0. The van der Waals surface area contributed by atoms with Crippen LogP contribution in [0.15, 0.2) is 0 Å². The van der Waals surface area contributed by atoms with Crippen molar-refractivity contribution in [3.8, 4) is 0 Å². The van der Waals surface area contributed by atoms with Crippen LogP contribution in [0.25, 0.3) is 0 Å². The lowest BCUT2D eigenvalue weighted by Gasteiger charge is -1.95. The van der Waals surface area contributed by atoms with Crippen LogP contribution in [-0.2, 0) is 14.2 Å². The molecule has 2 rings (SSSR count). The molecule has 2 heterocycles. The first kappa shape index (κ1) is 16.8. The Hall–Kier alpha value is -0.200. The molecular formula is C12H26O5. The lowest BCUT2D eigenvalue weighted by molar-refractivity contribution is 0.102. The van der Waals surface area contributed by atoms with E-state index >= 15 is 0 Å². The van der Waals surface area contributed by atoms with Crippen LogP contribution in [0.2, 0.25) is 0 Å². The highest BCUT2D eigenvalue weighted by molar-refractivity contribution is 4.71. The quantitative estimate of drug-likeness (QED) is 0.674. The zero-order valence-electron chi connectivity index (χ0n) is 10.9. The van der Waals surface area contributed by atoms with Gasteiger partial charge in [0.1, 0.15) is 12.2 Å². The maximum absolute atomic E-state index is 7.62.